The minimum atomic E-state index is -1.92. The maximum Gasteiger partial charge on any atom is 0.314 e. The number of carbonyl (C=O) groups excluding carboxylic acids is 1. The molecular formula is C43H68O22. The molecule has 65 heavy (non-hydrogen) atoms. The molecule has 4 saturated carbocycles. The van der Waals surface area contributed by atoms with Gasteiger partial charge in [0, 0.05) is 0 Å². The molecule has 4 heterocycles. The molecule has 8 fully saturated rings. The van der Waals surface area contributed by atoms with Gasteiger partial charge < -0.3 is 104 Å². The van der Waals surface area contributed by atoms with Crippen LogP contribution in [0.15, 0.2) is 12.2 Å². The fraction of sp³-hybridized carbons (Fsp3) is 0.930. The van der Waals surface area contributed by atoms with E-state index in [1.54, 1.807) is 0 Å². The monoisotopic (exact) mass is 936 g/mol. The van der Waals surface area contributed by atoms with E-state index >= 15 is 0 Å². The van der Waals surface area contributed by atoms with Gasteiger partial charge in [0.25, 0.3) is 0 Å². The van der Waals surface area contributed by atoms with Crippen molar-refractivity contribution in [1.29, 1.82) is 0 Å². The molecule has 22 nitrogen and oxygen atoms in total. The van der Waals surface area contributed by atoms with Crippen molar-refractivity contribution in [3.8, 4) is 0 Å². The molecule has 372 valence electrons. The summed E-state index contributed by atoms with van der Waals surface area (Å²) in [5.41, 5.74) is -2.19. The second-order valence-corrected chi connectivity index (χ2v) is 20.4. The van der Waals surface area contributed by atoms with Gasteiger partial charge in [-0.15, -0.1) is 0 Å². The van der Waals surface area contributed by atoms with Gasteiger partial charge in [0.05, 0.1) is 37.4 Å². The lowest BCUT2D eigenvalue weighted by atomic mass is 9.41. The van der Waals surface area contributed by atoms with Crippen LogP contribution < -0.4 is 0 Å². The highest BCUT2D eigenvalue weighted by Crippen LogP contribution is 2.73. The topological polar surface area (TPSA) is 354 Å². The third-order valence-electron chi connectivity index (χ3n) is 16.7. The lowest BCUT2D eigenvalue weighted by molar-refractivity contribution is -0.396. The van der Waals surface area contributed by atoms with E-state index < -0.39 is 166 Å². The standard InChI is InChI=1S/C43H68O22/c1-17-11-42-9-5-22-40(2,7-4-8-41(22,3)39(57)64-37-32(56)29(53)26(50)20(13-45)60-37)23(42)6-10-43(17,16-42)65-38-34(63-36-31(55)28(52)25(49)19(12-44)59-36)33(27(51)21(14-46)61-38)62-35-30(54)24(48)18(47)15-58-35/h18-38,44-56H,1,4-16H2,2-3H3/t18-,19-,20-,21-,22+,23+,24+,25-,26-,27-,28+,29+,30-,31-,32-,33+,34-,35+,36+,37+,38+,40-,41-,42-,43+/m1/s1. The highest BCUT2D eigenvalue weighted by atomic mass is 16.8. The minimum Gasteiger partial charge on any atom is -0.432 e. The van der Waals surface area contributed by atoms with Crippen molar-refractivity contribution in [2.24, 2.45) is 28.1 Å². The van der Waals surface area contributed by atoms with E-state index in [0.29, 0.717) is 51.4 Å². The molecule has 0 aromatic rings. The molecule has 0 radical (unpaired) electrons. The van der Waals surface area contributed by atoms with Crippen molar-refractivity contribution in [3.63, 3.8) is 0 Å². The van der Waals surface area contributed by atoms with E-state index in [2.05, 4.69) is 13.5 Å². The molecule has 13 N–H and O–H groups in total. The molecule has 8 rings (SSSR count). The van der Waals surface area contributed by atoms with Gasteiger partial charge in [-0.25, -0.2) is 0 Å². The van der Waals surface area contributed by atoms with Crippen LogP contribution in [0, 0.1) is 28.1 Å². The van der Waals surface area contributed by atoms with Crippen molar-refractivity contribution in [3.05, 3.63) is 12.2 Å². The lowest BCUT2D eigenvalue weighted by Gasteiger charge is -2.64. The van der Waals surface area contributed by atoms with Crippen LogP contribution in [0.25, 0.3) is 0 Å². The van der Waals surface area contributed by atoms with Gasteiger partial charge >= 0.3 is 5.97 Å². The minimum absolute atomic E-state index is 0.0488. The van der Waals surface area contributed by atoms with Crippen LogP contribution in [0.3, 0.4) is 0 Å². The Hall–Kier alpha value is -1.59. The van der Waals surface area contributed by atoms with Crippen LogP contribution >= 0.6 is 0 Å². The zero-order chi connectivity index (χ0) is 47.1. The van der Waals surface area contributed by atoms with Crippen LogP contribution in [0.4, 0.5) is 0 Å². The summed E-state index contributed by atoms with van der Waals surface area (Å²) < 4.78 is 48.1. The highest BCUT2D eigenvalue weighted by Gasteiger charge is 2.69. The first-order valence-corrected chi connectivity index (χ1v) is 22.8. The number of aliphatic hydroxyl groups is 13. The first-order valence-electron chi connectivity index (χ1n) is 22.8. The van der Waals surface area contributed by atoms with Gasteiger partial charge in [0.15, 0.2) is 18.9 Å². The summed E-state index contributed by atoms with van der Waals surface area (Å²) >= 11 is 0. The van der Waals surface area contributed by atoms with E-state index in [-0.39, 0.29) is 17.3 Å². The number of aliphatic hydroxyl groups excluding tert-OH is 13. The predicted molar refractivity (Wildman–Crippen MR) is 213 cm³/mol. The van der Waals surface area contributed by atoms with Gasteiger partial charge in [-0.1, -0.05) is 19.9 Å². The molecule has 0 unspecified atom stereocenters. The molecule has 4 saturated heterocycles. The quantitative estimate of drug-likeness (QED) is 0.0528. The molecule has 0 aromatic heterocycles. The Kier molecular flexibility index (Phi) is 14.3. The number of rotatable bonds is 11. The average Bonchev–Trinajstić information content (AvgIpc) is 3.48. The Labute approximate surface area is 375 Å². The first-order chi connectivity index (χ1) is 30.7. The first kappa shape index (κ1) is 49.8. The molecule has 8 aliphatic rings. The highest BCUT2D eigenvalue weighted by molar-refractivity contribution is 5.77. The number of fused-ring (bicyclic) bond motifs is 3. The molecule has 25 atom stereocenters. The van der Waals surface area contributed by atoms with Gasteiger partial charge in [-0.2, -0.15) is 0 Å². The van der Waals surface area contributed by atoms with Gasteiger partial charge in [0.2, 0.25) is 6.29 Å². The maximum atomic E-state index is 14.3. The predicted octanol–water partition coefficient (Wildman–Crippen LogP) is -4.47. The molecule has 2 bridgehead atoms. The SMILES string of the molecule is C=C1C[C@@]23CC[C@H]4[C@@](C)(CCC[C@@]4(C)C(=O)O[C@@H]4O[C@H](CO)[C@@H](O)[C@H](O)[C@H]4O)[C@@H]2CC[C@]1(O[C@@H]1O[C@H](CO)[C@@H](O)[C@H](O[C@@H]2OC[C@@H](O)[C@H](O)[C@H]2O)[C@H]1O[C@@H]1O[C@H](CO)[C@@H](O)[C@H](O)[C@H]1O)C3. The van der Waals surface area contributed by atoms with Crippen molar-refractivity contribution >= 4 is 5.97 Å². The summed E-state index contributed by atoms with van der Waals surface area (Å²) in [6.07, 6.45) is -26.1. The van der Waals surface area contributed by atoms with Crippen molar-refractivity contribution < 1.29 is 109 Å². The van der Waals surface area contributed by atoms with E-state index in [1.807, 2.05) is 6.92 Å². The van der Waals surface area contributed by atoms with Crippen LogP contribution in [0.1, 0.15) is 71.6 Å². The number of ether oxygens (including phenoxy) is 8. The Morgan fingerprint density at radius 1 is 0.631 bits per heavy atom. The zero-order valence-electron chi connectivity index (χ0n) is 36.5. The van der Waals surface area contributed by atoms with E-state index in [9.17, 15) is 71.2 Å². The summed E-state index contributed by atoms with van der Waals surface area (Å²) in [4.78, 5) is 14.3. The van der Waals surface area contributed by atoms with Crippen LogP contribution in [-0.2, 0) is 42.7 Å². The maximum absolute atomic E-state index is 14.3. The Morgan fingerprint density at radius 2 is 1.18 bits per heavy atom. The third kappa shape index (κ3) is 8.32. The van der Waals surface area contributed by atoms with Crippen molar-refractivity contribution in [1.82, 2.24) is 0 Å². The van der Waals surface area contributed by atoms with Crippen LogP contribution in [0.2, 0.25) is 0 Å². The Balaban J connectivity index is 1.06. The Morgan fingerprint density at radius 3 is 1.83 bits per heavy atom. The van der Waals surface area contributed by atoms with Crippen LogP contribution in [-0.4, -0.2) is 221 Å². The third-order valence-corrected chi connectivity index (χ3v) is 16.7. The van der Waals surface area contributed by atoms with Crippen LogP contribution in [0.5, 0.6) is 0 Å². The number of hydrogen-bond acceptors (Lipinski definition) is 22. The smallest absolute Gasteiger partial charge is 0.314 e. The summed E-state index contributed by atoms with van der Waals surface area (Å²) in [7, 11) is 0. The summed E-state index contributed by atoms with van der Waals surface area (Å²) in [6, 6.07) is 0. The summed E-state index contributed by atoms with van der Waals surface area (Å²) in [5, 5.41) is 137. The fourth-order valence-electron chi connectivity index (χ4n) is 13.2. The van der Waals surface area contributed by atoms with Gasteiger partial charge in [-0.3, -0.25) is 4.79 Å². The number of carbonyl (C=O) groups is 1. The average molecular weight is 937 g/mol. The summed E-state index contributed by atoms with van der Waals surface area (Å²) in [5.74, 6) is -0.751. The fourth-order valence-corrected chi connectivity index (χ4v) is 13.2. The second kappa shape index (κ2) is 18.6. The molecule has 4 aliphatic heterocycles. The molecule has 0 amide bonds. The Bertz CT molecular complexity index is 1710. The number of hydrogen-bond donors (Lipinski definition) is 13. The van der Waals surface area contributed by atoms with E-state index in [4.69, 9.17) is 37.9 Å². The number of esters is 1. The molecule has 22 heteroatoms. The van der Waals surface area contributed by atoms with Crippen molar-refractivity contribution in [2.75, 3.05) is 26.4 Å². The van der Waals surface area contributed by atoms with E-state index in [0.717, 1.165) is 12.0 Å². The molecule has 0 aromatic carbocycles. The molecule has 1 spiro atoms. The van der Waals surface area contributed by atoms with Crippen molar-refractivity contribution in [2.45, 2.75) is 194 Å². The molecule has 4 aliphatic carbocycles. The largest absolute Gasteiger partial charge is 0.432 e. The van der Waals surface area contributed by atoms with Gasteiger partial charge in [0.1, 0.15) is 91.6 Å². The second-order valence-electron chi connectivity index (χ2n) is 20.4. The summed E-state index contributed by atoms with van der Waals surface area (Å²) in [6.45, 7) is 5.86. The van der Waals surface area contributed by atoms with E-state index in [1.165, 1.54) is 0 Å². The molecular weight excluding hydrogens is 868 g/mol. The normalized spacial score (nSPS) is 54.7. The lowest BCUT2D eigenvalue weighted by Crippen LogP contribution is -2.67. The zero-order valence-corrected chi connectivity index (χ0v) is 36.5. The van der Waals surface area contributed by atoms with Gasteiger partial charge in [-0.05, 0) is 86.5 Å².